The van der Waals surface area contributed by atoms with Crippen molar-refractivity contribution in [2.75, 3.05) is 0 Å². The molecular formula is C20H16ClNO7. The lowest BCUT2D eigenvalue weighted by Gasteiger charge is -2.38. The molecule has 2 heterocycles. The van der Waals surface area contributed by atoms with E-state index >= 15 is 0 Å². The van der Waals surface area contributed by atoms with Gasteiger partial charge >= 0.3 is 11.9 Å². The number of carbonyl (C=O) groups excluding carboxylic acids is 2. The van der Waals surface area contributed by atoms with E-state index in [-0.39, 0.29) is 33.4 Å². The SMILES string of the molecule is O=C1OC2(CCCCC2)OC(=O)C1=Cc1ccc(-c2ccc(Cl)cc2[N+](=O)[O-])o1. The second-order valence-corrected chi connectivity index (χ2v) is 7.37. The molecule has 2 fully saturated rings. The first kappa shape index (κ1) is 19.2. The molecule has 1 saturated heterocycles. The van der Waals surface area contributed by atoms with Gasteiger partial charge in [-0.3, -0.25) is 10.1 Å². The summed E-state index contributed by atoms with van der Waals surface area (Å²) in [5.41, 5.74) is -0.284. The number of nitro groups is 1. The fraction of sp³-hybridized carbons (Fsp3) is 0.300. The minimum absolute atomic E-state index is 0.160. The fourth-order valence-electron chi connectivity index (χ4n) is 3.55. The summed E-state index contributed by atoms with van der Waals surface area (Å²) >= 11 is 5.83. The quantitative estimate of drug-likeness (QED) is 0.235. The standard InChI is InChI=1S/C20H16ClNO7/c21-12-4-6-14(16(10-12)22(25)26)17-7-5-13(27-17)11-15-18(23)28-20(29-19(15)24)8-2-1-3-9-20/h4-7,10-11H,1-3,8-9H2. The van der Waals surface area contributed by atoms with Gasteiger partial charge in [0.15, 0.2) is 0 Å². The molecule has 0 unspecified atom stereocenters. The van der Waals surface area contributed by atoms with Crippen molar-refractivity contribution in [1.29, 1.82) is 0 Å². The van der Waals surface area contributed by atoms with Crippen LogP contribution in [0.4, 0.5) is 5.69 Å². The summed E-state index contributed by atoms with van der Waals surface area (Å²) in [5, 5.41) is 11.5. The first-order chi connectivity index (χ1) is 13.9. The van der Waals surface area contributed by atoms with E-state index < -0.39 is 22.6 Å². The Labute approximate surface area is 170 Å². The maximum atomic E-state index is 12.4. The van der Waals surface area contributed by atoms with Gasteiger partial charge in [-0.1, -0.05) is 18.0 Å². The number of furan rings is 1. The molecule has 9 heteroatoms. The lowest BCUT2D eigenvalue weighted by atomic mass is 9.93. The zero-order valence-electron chi connectivity index (χ0n) is 15.2. The van der Waals surface area contributed by atoms with Crippen LogP contribution in [0.25, 0.3) is 17.4 Å². The molecule has 150 valence electrons. The first-order valence-electron chi connectivity index (χ1n) is 9.09. The largest absolute Gasteiger partial charge is 0.456 e. The van der Waals surface area contributed by atoms with Crippen LogP contribution in [0.3, 0.4) is 0 Å². The van der Waals surface area contributed by atoms with Crippen LogP contribution >= 0.6 is 11.6 Å². The van der Waals surface area contributed by atoms with E-state index in [0.717, 1.165) is 19.3 Å². The summed E-state index contributed by atoms with van der Waals surface area (Å²) in [4.78, 5) is 35.5. The highest BCUT2D eigenvalue weighted by atomic mass is 35.5. The van der Waals surface area contributed by atoms with Crippen molar-refractivity contribution in [3.05, 3.63) is 56.8 Å². The van der Waals surface area contributed by atoms with E-state index in [1.165, 1.54) is 36.4 Å². The van der Waals surface area contributed by atoms with Crippen LogP contribution in [-0.4, -0.2) is 22.6 Å². The molecule has 8 nitrogen and oxygen atoms in total. The van der Waals surface area contributed by atoms with E-state index in [0.29, 0.717) is 12.8 Å². The average Bonchev–Trinajstić information content (AvgIpc) is 3.14. The van der Waals surface area contributed by atoms with Gasteiger partial charge in [0.1, 0.15) is 17.1 Å². The Balaban J connectivity index is 1.61. The van der Waals surface area contributed by atoms with Gasteiger partial charge in [-0.05, 0) is 37.1 Å². The second-order valence-electron chi connectivity index (χ2n) is 6.93. The van der Waals surface area contributed by atoms with Crippen LogP contribution in [0.15, 0.2) is 40.3 Å². The molecule has 0 N–H and O–H groups in total. The summed E-state index contributed by atoms with van der Waals surface area (Å²) in [5.74, 6) is -2.34. The Bertz CT molecular complexity index is 1010. The van der Waals surface area contributed by atoms with E-state index in [9.17, 15) is 19.7 Å². The van der Waals surface area contributed by atoms with Crippen molar-refractivity contribution in [3.63, 3.8) is 0 Å². The molecule has 1 aliphatic carbocycles. The summed E-state index contributed by atoms with van der Waals surface area (Å²) in [6.07, 6.45) is 4.84. The molecule has 1 aromatic carbocycles. The monoisotopic (exact) mass is 417 g/mol. The molecule has 0 bridgehead atoms. The highest BCUT2D eigenvalue weighted by Crippen LogP contribution is 2.38. The van der Waals surface area contributed by atoms with Crippen molar-refractivity contribution < 1.29 is 28.4 Å². The van der Waals surface area contributed by atoms with Gasteiger partial charge in [-0.15, -0.1) is 0 Å². The Morgan fingerprint density at radius 2 is 1.72 bits per heavy atom. The number of nitrogens with zero attached hydrogens (tertiary/aromatic N) is 1. The first-order valence-corrected chi connectivity index (χ1v) is 9.47. The van der Waals surface area contributed by atoms with Gasteiger partial charge in [-0.25, -0.2) is 9.59 Å². The van der Waals surface area contributed by atoms with Crippen molar-refractivity contribution >= 4 is 35.3 Å². The van der Waals surface area contributed by atoms with Crippen LogP contribution in [0.1, 0.15) is 37.9 Å². The maximum absolute atomic E-state index is 12.4. The predicted molar refractivity (Wildman–Crippen MR) is 102 cm³/mol. The van der Waals surface area contributed by atoms with Crippen molar-refractivity contribution in [1.82, 2.24) is 0 Å². The molecule has 0 amide bonds. The smallest absolute Gasteiger partial charge is 0.349 e. The molecule has 1 spiro atoms. The van der Waals surface area contributed by atoms with Gasteiger partial charge in [0, 0.05) is 30.0 Å². The van der Waals surface area contributed by atoms with Gasteiger partial charge in [-0.2, -0.15) is 0 Å². The number of ether oxygens (including phenoxy) is 2. The number of esters is 2. The Morgan fingerprint density at radius 3 is 2.38 bits per heavy atom. The third-order valence-corrected chi connectivity index (χ3v) is 5.18. The average molecular weight is 418 g/mol. The zero-order chi connectivity index (χ0) is 20.6. The minimum atomic E-state index is -1.16. The van der Waals surface area contributed by atoms with Gasteiger partial charge in [0.2, 0.25) is 0 Å². The minimum Gasteiger partial charge on any atom is -0.456 e. The van der Waals surface area contributed by atoms with Crippen LogP contribution in [-0.2, 0) is 19.1 Å². The van der Waals surface area contributed by atoms with E-state index in [4.69, 9.17) is 25.5 Å². The highest BCUT2D eigenvalue weighted by molar-refractivity contribution is 6.31. The number of carbonyl (C=O) groups is 2. The number of hydrogen-bond donors (Lipinski definition) is 0. The van der Waals surface area contributed by atoms with Crippen LogP contribution in [0.2, 0.25) is 5.02 Å². The second kappa shape index (κ2) is 7.36. The molecule has 29 heavy (non-hydrogen) atoms. The maximum Gasteiger partial charge on any atom is 0.349 e. The Morgan fingerprint density at radius 1 is 1.03 bits per heavy atom. The summed E-state index contributed by atoms with van der Waals surface area (Å²) in [7, 11) is 0. The third-order valence-electron chi connectivity index (χ3n) is 4.95. The summed E-state index contributed by atoms with van der Waals surface area (Å²) < 4.78 is 16.5. The highest BCUT2D eigenvalue weighted by Gasteiger charge is 2.46. The third kappa shape index (κ3) is 3.75. The molecule has 0 atom stereocenters. The molecule has 2 aliphatic rings. The molecule has 1 aromatic heterocycles. The van der Waals surface area contributed by atoms with Gasteiger partial charge in [0.25, 0.3) is 11.5 Å². The molecule has 1 aliphatic heterocycles. The Kier molecular flexibility index (Phi) is 4.87. The summed E-state index contributed by atoms with van der Waals surface area (Å²) in [6, 6.07) is 7.18. The van der Waals surface area contributed by atoms with Crippen molar-refractivity contribution in [2.24, 2.45) is 0 Å². The Hall–Kier alpha value is -3.13. The van der Waals surface area contributed by atoms with E-state index in [1.807, 2.05) is 0 Å². The predicted octanol–water partition coefficient (Wildman–Crippen LogP) is 4.65. The van der Waals surface area contributed by atoms with Gasteiger partial charge < -0.3 is 13.9 Å². The summed E-state index contributed by atoms with van der Waals surface area (Å²) in [6.45, 7) is 0. The molecule has 4 rings (SSSR count). The zero-order valence-corrected chi connectivity index (χ0v) is 15.9. The number of nitro benzene ring substituents is 1. The lowest BCUT2D eigenvalue weighted by Crippen LogP contribution is -2.47. The lowest BCUT2D eigenvalue weighted by molar-refractivity contribution is -0.384. The van der Waals surface area contributed by atoms with Crippen LogP contribution in [0.5, 0.6) is 0 Å². The van der Waals surface area contributed by atoms with E-state index in [2.05, 4.69) is 0 Å². The molecule has 0 radical (unpaired) electrons. The molecule has 2 aromatic rings. The molecular weight excluding hydrogens is 402 g/mol. The van der Waals surface area contributed by atoms with E-state index in [1.54, 1.807) is 0 Å². The van der Waals surface area contributed by atoms with Crippen LogP contribution in [0, 0.1) is 10.1 Å². The fourth-order valence-corrected chi connectivity index (χ4v) is 3.71. The van der Waals surface area contributed by atoms with Crippen molar-refractivity contribution in [3.8, 4) is 11.3 Å². The van der Waals surface area contributed by atoms with Gasteiger partial charge in [0.05, 0.1) is 10.5 Å². The van der Waals surface area contributed by atoms with Crippen LogP contribution < -0.4 is 0 Å². The number of benzene rings is 1. The normalized spacial score (nSPS) is 18.3. The van der Waals surface area contributed by atoms with Crippen molar-refractivity contribution in [2.45, 2.75) is 37.9 Å². The number of rotatable bonds is 3. The topological polar surface area (TPSA) is 109 Å². The molecule has 1 saturated carbocycles. The number of hydrogen-bond acceptors (Lipinski definition) is 7. The number of halogens is 1.